The predicted molar refractivity (Wildman–Crippen MR) is 85.4 cm³/mol. The standard InChI is InChI=1S/C18H20FNO2/c1-13-3-5-15(6-4-13)12-20(11-14(2)18(21)22)17-9-7-16(19)8-10-17/h3-10,14H,11-12H2,1-2H3,(H,21,22). The van der Waals surface area contributed by atoms with E-state index in [2.05, 4.69) is 0 Å². The van der Waals surface area contributed by atoms with E-state index in [1.165, 1.54) is 17.7 Å². The summed E-state index contributed by atoms with van der Waals surface area (Å²) in [6.45, 7) is 4.65. The number of carbonyl (C=O) groups is 1. The number of rotatable bonds is 6. The lowest BCUT2D eigenvalue weighted by Gasteiger charge is -2.27. The van der Waals surface area contributed by atoms with Crippen molar-refractivity contribution in [2.45, 2.75) is 20.4 Å². The number of nitrogens with zero attached hydrogens (tertiary/aromatic N) is 1. The molecule has 0 aliphatic heterocycles. The molecule has 0 bridgehead atoms. The number of halogens is 1. The number of aryl methyl sites for hydroxylation is 1. The summed E-state index contributed by atoms with van der Waals surface area (Å²) in [6.07, 6.45) is 0. The smallest absolute Gasteiger partial charge is 0.308 e. The van der Waals surface area contributed by atoms with Gasteiger partial charge in [0.05, 0.1) is 5.92 Å². The van der Waals surface area contributed by atoms with Crippen molar-refractivity contribution in [1.29, 1.82) is 0 Å². The Kier molecular flexibility index (Phi) is 5.15. The molecule has 116 valence electrons. The van der Waals surface area contributed by atoms with Crippen molar-refractivity contribution in [2.75, 3.05) is 11.4 Å². The van der Waals surface area contributed by atoms with Gasteiger partial charge in [0.25, 0.3) is 0 Å². The first-order valence-corrected chi connectivity index (χ1v) is 7.24. The maximum Gasteiger partial charge on any atom is 0.308 e. The summed E-state index contributed by atoms with van der Waals surface area (Å²) in [5.74, 6) is -1.64. The molecule has 0 saturated heterocycles. The van der Waals surface area contributed by atoms with Crippen LogP contribution >= 0.6 is 0 Å². The zero-order valence-electron chi connectivity index (χ0n) is 12.8. The largest absolute Gasteiger partial charge is 0.481 e. The van der Waals surface area contributed by atoms with Crippen LogP contribution < -0.4 is 4.90 Å². The molecule has 3 nitrogen and oxygen atoms in total. The van der Waals surface area contributed by atoms with Gasteiger partial charge in [0.2, 0.25) is 0 Å². The van der Waals surface area contributed by atoms with E-state index in [4.69, 9.17) is 5.11 Å². The molecule has 0 spiro atoms. The minimum Gasteiger partial charge on any atom is -0.481 e. The number of benzene rings is 2. The zero-order chi connectivity index (χ0) is 16.1. The van der Waals surface area contributed by atoms with Crippen LogP contribution in [0.15, 0.2) is 48.5 Å². The first kappa shape index (κ1) is 16.0. The number of aliphatic carboxylic acids is 1. The third-order valence-electron chi connectivity index (χ3n) is 3.60. The molecular formula is C18H20FNO2. The fraction of sp³-hybridized carbons (Fsp3) is 0.278. The highest BCUT2D eigenvalue weighted by molar-refractivity contribution is 5.70. The molecule has 2 rings (SSSR count). The van der Waals surface area contributed by atoms with Gasteiger partial charge in [0.15, 0.2) is 0 Å². The molecule has 0 aliphatic rings. The van der Waals surface area contributed by atoms with Gasteiger partial charge in [-0.05, 0) is 36.8 Å². The Morgan fingerprint density at radius 3 is 2.27 bits per heavy atom. The molecule has 0 aliphatic carbocycles. The molecule has 0 aromatic heterocycles. The number of hydrogen-bond donors (Lipinski definition) is 1. The number of carboxylic acid groups (broad SMARTS) is 1. The van der Waals surface area contributed by atoms with Gasteiger partial charge in [-0.2, -0.15) is 0 Å². The van der Waals surface area contributed by atoms with E-state index in [0.29, 0.717) is 13.1 Å². The number of anilines is 1. The zero-order valence-corrected chi connectivity index (χ0v) is 12.8. The molecule has 0 saturated carbocycles. The van der Waals surface area contributed by atoms with Crippen LogP contribution in [0.4, 0.5) is 10.1 Å². The summed E-state index contributed by atoms with van der Waals surface area (Å²) >= 11 is 0. The molecule has 0 amide bonds. The number of hydrogen-bond acceptors (Lipinski definition) is 2. The predicted octanol–water partition coefficient (Wildman–Crippen LogP) is 3.86. The molecule has 0 fully saturated rings. The molecule has 2 aromatic rings. The Hall–Kier alpha value is -2.36. The Morgan fingerprint density at radius 1 is 1.14 bits per heavy atom. The van der Waals surface area contributed by atoms with Gasteiger partial charge in [-0.15, -0.1) is 0 Å². The lowest BCUT2D eigenvalue weighted by molar-refractivity contribution is -0.140. The third-order valence-corrected chi connectivity index (χ3v) is 3.60. The Bertz CT molecular complexity index is 623. The lowest BCUT2D eigenvalue weighted by atomic mass is 10.1. The van der Waals surface area contributed by atoms with Crippen molar-refractivity contribution in [3.05, 3.63) is 65.5 Å². The summed E-state index contributed by atoms with van der Waals surface area (Å²) in [6, 6.07) is 14.2. The van der Waals surface area contributed by atoms with Crippen LogP contribution in [-0.4, -0.2) is 17.6 Å². The maximum atomic E-state index is 13.1. The first-order chi connectivity index (χ1) is 10.5. The Morgan fingerprint density at radius 2 is 1.73 bits per heavy atom. The molecule has 1 atom stereocenters. The molecule has 4 heteroatoms. The minimum absolute atomic E-state index is 0.301. The van der Waals surface area contributed by atoms with Gasteiger partial charge in [0.1, 0.15) is 5.82 Å². The molecule has 0 radical (unpaired) electrons. The van der Waals surface area contributed by atoms with Gasteiger partial charge in [-0.3, -0.25) is 4.79 Å². The van der Waals surface area contributed by atoms with E-state index >= 15 is 0 Å². The highest BCUT2D eigenvalue weighted by Crippen LogP contribution is 2.20. The average molecular weight is 301 g/mol. The highest BCUT2D eigenvalue weighted by Gasteiger charge is 2.17. The quantitative estimate of drug-likeness (QED) is 0.880. The van der Waals surface area contributed by atoms with E-state index in [1.807, 2.05) is 36.1 Å². The van der Waals surface area contributed by atoms with Crippen LogP contribution in [0.3, 0.4) is 0 Å². The normalized spacial score (nSPS) is 12.0. The maximum absolute atomic E-state index is 13.1. The Labute approximate surface area is 130 Å². The van der Waals surface area contributed by atoms with E-state index < -0.39 is 11.9 Å². The minimum atomic E-state index is -0.837. The first-order valence-electron chi connectivity index (χ1n) is 7.24. The fourth-order valence-corrected chi connectivity index (χ4v) is 2.24. The second-order valence-electron chi connectivity index (χ2n) is 5.58. The summed E-state index contributed by atoms with van der Waals surface area (Å²) < 4.78 is 13.1. The van der Waals surface area contributed by atoms with Crippen LogP contribution in [0.1, 0.15) is 18.1 Å². The monoisotopic (exact) mass is 301 g/mol. The molecule has 0 heterocycles. The van der Waals surface area contributed by atoms with Gasteiger partial charge < -0.3 is 10.0 Å². The van der Waals surface area contributed by atoms with E-state index in [-0.39, 0.29) is 5.82 Å². The van der Waals surface area contributed by atoms with Crippen molar-refractivity contribution in [1.82, 2.24) is 0 Å². The second kappa shape index (κ2) is 7.07. The van der Waals surface area contributed by atoms with Crippen LogP contribution in [0.25, 0.3) is 0 Å². The van der Waals surface area contributed by atoms with Crippen molar-refractivity contribution in [3.63, 3.8) is 0 Å². The molecule has 1 unspecified atom stereocenters. The Balaban J connectivity index is 2.22. The summed E-state index contributed by atoms with van der Waals surface area (Å²) in [5, 5.41) is 9.14. The SMILES string of the molecule is Cc1ccc(CN(CC(C)C(=O)O)c2ccc(F)cc2)cc1. The van der Waals surface area contributed by atoms with Crippen LogP contribution in [0.5, 0.6) is 0 Å². The van der Waals surface area contributed by atoms with Crippen molar-refractivity contribution in [3.8, 4) is 0 Å². The van der Waals surface area contributed by atoms with Gasteiger partial charge in [-0.25, -0.2) is 4.39 Å². The van der Waals surface area contributed by atoms with E-state index in [0.717, 1.165) is 11.3 Å². The van der Waals surface area contributed by atoms with Crippen molar-refractivity contribution >= 4 is 11.7 Å². The fourth-order valence-electron chi connectivity index (χ4n) is 2.24. The molecular weight excluding hydrogens is 281 g/mol. The molecule has 22 heavy (non-hydrogen) atoms. The van der Waals surface area contributed by atoms with Crippen molar-refractivity contribution < 1.29 is 14.3 Å². The van der Waals surface area contributed by atoms with Crippen LogP contribution in [0.2, 0.25) is 0 Å². The van der Waals surface area contributed by atoms with Gasteiger partial charge in [0, 0.05) is 18.8 Å². The van der Waals surface area contributed by atoms with Crippen molar-refractivity contribution in [2.24, 2.45) is 5.92 Å². The lowest BCUT2D eigenvalue weighted by Crippen LogP contribution is -2.31. The van der Waals surface area contributed by atoms with Crippen LogP contribution in [0, 0.1) is 18.7 Å². The average Bonchev–Trinajstić information content (AvgIpc) is 2.49. The number of carboxylic acids is 1. The summed E-state index contributed by atoms with van der Waals surface area (Å²) in [7, 11) is 0. The molecule has 1 N–H and O–H groups in total. The summed E-state index contributed by atoms with van der Waals surface area (Å²) in [5.41, 5.74) is 3.08. The van der Waals surface area contributed by atoms with Gasteiger partial charge >= 0.3 is 5.97 Å². The van der Waals surface area contributed by atoms with E-state index in [9.17, 15) is 9.18 Å². The molecule has 2 aromatic carbocycles. The topological polar surface area (TPSA) is 40.5 Å². The highest BCUT2D eigenvalue weighted by atomic mass is 19.1. The summed E-state index contributed by atoms with van der Waals surface area (Å²) in [4.78, 5) is 13.1. The van der Waals surface area contributed by atoms with Crippen LogP contribution in [-0.2, 0) is 11.3 Å². The second-order valence-corrected chi connectivity index (χ2v) is 5.58. The third kappa shape index (κ3) is 4.32. The van der Waals surface area contributed by atoms with E-state index in [1.54, 1.807) is 19.1 Å². The van der Waals surface area contributed by atoms with Gasteiger partial charge in [-0.1, -0.05) is 36.8 Å².